The number of nitrogens with zero attached hydrogens (tertiary/aromatic N) is 4. The molecule has 0 atom stereocenters. The number of pyridine rings is 2. The zero-order valence-electron chi connectivity index (χ0n) is 25.6. The fourth-order valence-corrected chi connectivity index (χ4v) is 6.68. The molecule has 0 bridgehead atoms. The fourth-order valence-electron chi connectivity index (χ4n) is 6.68. The van der Waals surface area contributed by atoms with E-state index in [-0.39, 0.29) is 36.0 Å². The molecule has 1 saturated carbocycles. The summed E-state index contributed by atoms with van der Waals surface area (Å²) in [6.45, 7) is 5.43. The highest BCUT2D eigenvalue weighted by Gasteiger charge is 2.54. The Hall–Kier alpha value is -4.28. The van der Waals surface area contributed by atoms with E-state index in [0.717, 1.165) is 58.1 Å². The second kappa shape index (κ2) is 12.8. The molecule has 1 aliphatic carbocycles. The van der Waals surface area contributed by atoms with Gasteiger partial charge >= 0.3 is 0 Å². The highest BCUT2D eigenvalue weighted by atomic mass is 19.1. The number of piperidine rings is 1. The summed E-state index contributed by atoms with van der Waals surface area (Å²) in [5.74, 6) is -0.0690. The van der Waals surface area contributed by atoms with Gasteiger partial charge in [-0.25, -0.2) is 13.8 Å². The van der Waals surface area contributed by atoms with Gasteiger partial charge in [-0.1, -0.05) is 18.2 Å². The zero-order valence-corrected chi connectivity index (χ0v) is 25.6. The Morgan fingerprint density at radius 1 is 0.848 bits per heavy atom. The summed E-state index contributed by atoms with van der Waals surface area (Å²) in [4.78, 5) is 40.2. The quantitative estimate of drug-likeness (QED) is 0.207. The van der Waals surface area contributed by atoms with Crippen molar-refractivity contribution in [3.63, 3.8) is 0 Å². The van der Waals surface area contributed by atoms with E-state index in [1.807, 2.05) is 6.07 Å². The molecule has 10 heteroatoms. The van der Waals surface area contributed by atoms with Crippen molar-refractivity contribution in [2.24, 2.45) is 5.41 Å². The molecule has 0 radical (unpaired) electrons. The van der Waals surface area contributed by atoms with E-state index in [9.17, 15) is 14.0 Å². The molecule has 4 aromatic rings. The lowest BCUT2D eigenvalue weighted by Gasteiger charge is -2.40. The monoisotopic (exact) mass is 626 g/mol. The van der Waals surface area contributed by atoms with Gasteiger partial charge in [-0.05, 0) is 67.1 Å². The minimum absolute atomic E-state index is 0.0199. The SMILES string of the molecule is O=C(Cc1ccc(F)cc1)C1(C(=O)Cc2ccc(Oc3ccnc4cc(N5CCC(N6CCOCC6)CC5)ncc34)c(F)c2)CC1. The van der Waals surface area contributed by atoms with Gasteiger partial charge in [0.15, 0.2) is 23.1 Å². The Labute approximate surface area is 266 Å². The number of carbonyl (C=O) groups excluding carboxylic acids is 2. The molecule has 238 valence electrons. The molecule has 0 amide bonds. The number of benzene rings is 2. The van der Waals surface area contributed by atoms with Crippen LogP contribution in [0.5, 0.6) is 11.5 Å². The van der Waals surface area contributed by atoms with Gasteiger partial charge < -0.3 is 14.4 Å². The standard InChI is InChI=1S/C36H36F2N4O4/c37-26-4-1-24(2-5-26)20-33(43)36(10-11-36)34(44)21-25-3-6-32(29(38)19-25)46-31-7-12-39-30-22-35(40-23-28(30)31)42-13-8-27(9-14-42)41-15-17-45-18-16-41/h1-7,12,19,22-23,27H,8-11,13-18,20-21H2. The van der Waals surface area contributed by atoms with Crippen LogP contribution in [0.2, 0.25) is 0 Å². The molecule has 0 unspecified atom stereocenters. The third-order valence-electron chi connectivity index (χ3n) is 9.60. The number of carbonyl (C=O) groups is 2. The van der Waals surface area contributed by atoms with Crippen molar-refractivity contribution >= 4 is 28.3 Å². The lowest BCUT2D eigenvalue weighted by molar-refractivity contribution is -0.133. The third-order valence-corrected chi connectivity index (χ3v) is 9.60. The molecule has 0 spiro atoms. The molecule has 3 aliphatic rings. The Morgan fingerprint density at radius 3 is 2.24 bits per heavy atom. The Bertz CT molecular complexity index is 1750. The van der Waals surface area contributed by atoms with Crippen molar-refractivity contribution < 1.29 is 27.8 Å². The maximum atomic E-state index is 15.3. The molecule has 2 aromatic heterocycles. The van der Waals surface area contributed by atoms with Crippen LogP contribution in [0.25, 0.3) is 10.9 Å². The molecule has 2 aliphatic heterocycles. The Morgan fingerprint density at radius 2 is 1.54 bits per heavy atom. The number of hydrogen-bond acceptors (Lipinski definition) is 8. The number of rotatable bonds is 10. The number of anilines is 1. The minimum Gasteiger partial charge on any atom is -0.453 e. The van der Waals surface area contributed by atoms with Crippen LogP contribution in [0.3, 0.4) is 0 Å². The molecule has 2 aromatic carbocycles. The molecular weight excluding hydrogens is 590 g/mol. The Kier molecular flexibility index (Phi) is 8.48. The van der Waals surface area contributed by atoms with Crippen molar-refractivity contribution in [3.05, 3.63) is 89.8 Å². The van der Waals surface area contributed by atoms with E-state index in [1.165, 1.54) is 24.3 Å². The average molecular weight is 627 g/mol. The van der Waals surface area contributed by atoms with Crippen LogP contribution in [0, 0.1) is 17.0 Å². The van der Waals surface area contributed by atoms with Crippen LogP contribution in [-0.2, 0) is 27.2 Å². The van der Waals surface area contributed by atoms with Gasteiger partial charge in [0.2, 0.25) is 0 Å². The largest absolute Gasteiger partial charge is 0.453 e. The first-order chi connectivity index (χ1) is 22.4. The number of Topliss-reactive ketones (excluding diaryl/α,β-unsaturated/α-hetero) is 2. The summed E-state index contributed by atoms with van der Waals surface area (Å²) in [5.41, 5.74) is 0.803. The zero-order chi connectivity index (χ0) is 31.7. The molecule has 46 heavy (non-hydrogen) atoms. The van der Waals surface area contributed by atoms with Crippen LogP contribution in [-0.4, -0.2) is 71.9 Å². The second-order valence-corrected chi connectivity index (χ2v) is 12.5. The van der Waals surface area contributed by atoms with Crippen molar-refractivity contribution in [3.8, 4) is 11.5 Å². The first-order valence-electron chi connectivity index (χ1n) is 16.0. The summed E-state index contributed by atoms with van der Waals surface area (Å²) in [6, 6.07) is 14.4. The van der Waals surface area contributed by atoms with E-state index >= 15 is 4.39 Å². The van der Waals surface area contributed by atoms with Gasteiger partial charge in [0, 0.05) is 63.5 Å². The average Bonchev–Trinajstić information content (AvgIpc) is 3.90. The van der Waals surface area contributed by atoms with E-state index in [0.29, 0.717) is 46.7 Å². The van der Waals surface area contributed by atoms with Gasteiger partial charge in [0.25, 0.3) is 0 Å². The lowest BCUT2D eigenvalue weighted by Crippen LogP contribution is -2.49. The molecule has 7 rings (SSSR count). The minimum atomic E-state index is -1.04. The van der Waals surface area contributed by atoms with Gasteiger partial charge in [0.05, 0.1) is 29.5 Å². The van der Waals surface area contributed by atoms with E-state index in [1.54, 1.807) is 36.7 Å². The number of ether oxygens (including phenoxy) is 2. The summed E-state index contributed by atoms with van der Waals surface area (Å²) >= 11 is 0. The number of ketones is 2. The van der Waals surface area contributed by atoms with Gasteiger partial charge in [-0.3, -0.25) is 19.5 Å². The van der Waals surface area contributed by atoms with E-state index in [2.05, 4.69) is 14.8 Å². The van der Waals surface area contributed by atoms with Crippen molar-refractivity contribution in [2.45, 2.75) is 44.6 Å². The van der Waals surface area contributed by atoms with Crippen LogP contribution in [0.1, 0.15) is 36.8 Å². The lowest BCUT2D eigenvalue weighted by atomic mass is 9.88. The second-order valence-electron chi connectivity index (χ2n) is 12.5. The normalized spacial score (nSPS) is 18.4. The number of fused-ring (bicyclic) bond motifs is 1. The Balaban J connectivity index is 0.991. The predicted molar refractivity (Wildman–Crippen MR) is 169 cm³/mol. The fraction of sp³-hybridized carbons (Fsp3) is 0.389. The maximum absolute atomic E-state index is 15.3. The maximum Gasteiger partial charge on any atom is 0.166 e. The number of aromatic nitrogens is 2. The molecule has 4 heterocycles. The van der Waals surface area contributed by atoms with E-state index < -0.39 is 11.2 Å². The van der Waals surface area contributed by atoms with Gasteiger partial charge in [-0.15, -0.1) is 0 Å². The summed E-state index contributed by atoms with van der Waals surface area (Å²) < 4.78 is 40.0. The topological polar surface area (TPSA) is 84.9 Å². The van der Waals surface area contributed by atoms with E-state index in [4.69, 9.17) is 14.5 Å². The van der Waals surface area contributed by atoms with Gasteiger partial charge in [-0.2, -0.15) is 0 Å². The van der Waals surface area contributed by atoms with Crippen molar-refractivity contribution in [2.75, 3.05) is 44.3 Å². The van der Waals surface area contributed by atoms with Crippen LogP contribution in [0.15, 0.2) is 67.0 Å². The molecule has 3 fully saturated rings. The summed E-state index contributed by atoms with van der Waals surface area (Å²) in [5, 5.41) is 0.670. The molecule has 2 saturated heterocycles. The predicted octanol–water partition coefficient (Wildman–Crippen LogP) is 5.70. The molecule has 8 nitrogen and oxygen atoms in total. The highest BCUT2D eigenvalue weighted by molar-refractivity contribution is 6.11. The van der Waals surface area contributed by atoms with Crippen LogP contribution < -0.4 is 9.64 Å². The number of hydrogen-bond donors (Lipinski definition) is 0. The summed E-state index contributed by atoms with van der Waals surface area (Å²) in [7, 11) is 0. The highest BCUT2D eigenvalue weighted by Crippen LogP contribution is 2.49. The smallest absolute Gasteiger partial charge is 0.166 e. The van der Waals surface area contributed by atoms with Crippen LogP contribution in [0.4, 0.5) is 14.6 Å². The summed E-state index contributed by atoms with van der Waals surface area (Å²) in [6.07, 6.45) is 6.48. The number of halogens is 2. The first-order valence-corrected chi connectivity index (χ1v) is 16.0. The number of morpholine rings is 1. The van der Waals surface area contributed by atoms with Crippen molar-refractivity contribution in [1.29, 1.82) is 0 Å². The van der Waals surface area contributed by atoms with Crippen molar-refractivity contribution in [1.82, 2.24) is 14.9 Å². The van der Waals surface area contributed by atoms with Gasteiger partial charge in [0.1, 0.15) is 17.4 Å². The molecule has 0 N–H and O–H groups in total. The first kappa shape index (κ1) is 30.4. The molecular formula is C36H36F2N4O4. The third kappa shape index (κ3) is 6.37. The van der Waals surface area contributed by atoms with Crippen LogP contribution >= 0.6 is 0 Å².